The Balaban J connectivity index is 1.96. The molecule has 0 saturated heterocycles. The topological polar surface area (TPSA) is 25.8 Å². The minimum absolute atomic E-state index is 0.0444. The fourth-order valence-corrected chi connectivity index (χ4v) is 6.04. The lowest BCUT2D eigenvalue weighted by atomic mass is 9.88. The first-order chi connectivity index (χ1) is 17.5. The van der Waals surface area contributed by atoms with E-state index in [9.17, 15) is 0 Å². The monoisotopic (exact) mass is 636 g/mol. The number of rotatable bonds is 2. The van der Waals surface area contributed by atoms with Crippen LogP contribution in [-0.4, -0.2) is 15.9 Å². The molecule has 1 aliphatic carbocycles. The third kappa shape index (κ3) is 3.11. The van der Waals surface area contributed by atoms with Gasteiger partial charge in [-0.2, -0.15) is 26.3 Å². The summed E-state index contributed by atoms with van der Waals surface area (Å²) in [6.07, 6.45) is 2.65. The number of alkyl halides is 6. The zero-order chi connectivity index (χ0) is 26.3. The second-order valence-electron chi connectivity index (χ2n) is 8.61. The molecule has 0 spiro atoms. The largest absolute Gasteiger partial charge is 0.380 e. The van der Waals surface area contributed by atoms with Crippen molar-refractivity contribution in [3.05, 3.63) is 93.1 Å². The van der Waals surface area contributed by atoms with Crippen molar-refractivity contribution in [2.45, 2.75) is 17.8 Å². The summed E-state index contributed by atoms with van der Waals surface area (Å²) in [6.45, 7) is 0. The van der Waals surface area contributed by atoms with E-state index in [0.29, 0.717) is 11.1 Å². The highest BCUT2D eigenvalue weighted by Crippen LogP contribution is 2.67. The molecule has 0 bridgehead atoms. The molecule has 0 aliphatic heterocycles. The van der Waals surface area contributed by atoms with Crippen LogP contribution in [0.4, 0.5) is 26.3 Å². The molecule has 0 unspecified atom stereocenters. The van der Waals surface area contributed by atoms with Crippen molar-refractivity contribution in [3.63, 3.8) is 0 Å². The number of benzene rings is 3. The van der Waals surface area contributed by atoms with Gasteiger partial charge in [0.1, 0.15) is 0 Å². The Morgan fingerprint density at radius 1 is 0.541 bits per heavy atom. The van der Waals surface area contributed by atoms with E-state index in [0.717, 1.165) is 0 Å². The summed E-state index contributed by atoms with van der Waals surface area (Å²) < 4.78 is 93.0. The smallest absolute Gasteiger partial charge is 0.253 e. The predicted molar refractivity (Wildman–Crippen MR) is 136 cm³/mol. The number of hydrogen-bond acceptors (Lipinski definition) is 2. The van der Waals surface area contributed by atoms with Gasteiger partial charge >= 0.3 is 17.8 Å². The lowest BCUT2D eigenvalue weighted by molar-refractivity contribution is -0.301. The van der Waals surface area contributed by atoms with Crippen LogP contribution in [0, 0.1) is 0 Å². The van der Waals surface area contributed by atoms with E-state index < -0.39 is 39.7 Å². The van der Waals surface area contributed by atoms with Crippen LogP contribution < -0.4 is 0 Å². The molecule has 1 aliphatic rings. The molecule has 0 saturated carbocycles. The average molecular weight is 638 g/mol. The van der Waals surface area contributed by atoms with E-state index in [2.05, 4.69) is 41.8 Å². The molecule has 2 heterocycles. The van der Waals surface area contributed by atoms with E-state index in [1.54, 1.807) is 60.7 Å². The third-order valence-corrected chi connectivity index (χ3v) is 7.78. The van der Waals surface area contributed by atoms with Crippen molar-refractivity contribution >= 4 is 53.7 Å². The molecule has 2 aromatic heterocycles. The number of aromatic nitrogens is 2. The Bertz CT molecular complexity index is 1600. The highest BCUT2D eigenvalue weighted by molar-refractivity contribution is 9.11. The first-order valence-electron chi connectivity index (χ1n) is 10.9. The standard InChI is InChI=1S/C27H12Br2F6N2/c28-15-11-36-23-19(17(15)13-7-3-1-4-8-13)21-22(26(32,33)27(34,35)25(21,30)31)20-18(14-9-5-2-6-10-14)16(29)12-37-24(20)23/h1-12H. The van der Waals surface area contributed by atoms with E-state index in [1.807, 2.05) is 0 Å². The number of halogens is 8. The van der Waals surface area contributed by atoms with Crippen LogP contribution in [0.25, 0.3) is 44.1 Å². The van der Waals surface area contributed by atoms with Crippen molar-refractivity contribution in [1.29, 1.82) is 0 Å². The summed E-state index contributed by atoms with van der Waals surface area (Å²) in [5, 5.41) is -1.00. The number of hydrogen-bond donors (Lipinski definition) is 0. The summed E-state index contributed by atoms with van der Waals surface area (Å²) in [5.41, 5.74) is -2.46. The van der Waals surface area contributed by atoms with E-state index in [-0.39, 0.29) is 31.1 Å². The Morgan fingerprint density at radius 2 is 0.892 bits per heavy atom. The summed E-state index contributed by atoms with van der Waals surface area (Å²) in [5.74, 6) is -16.1. The summed E-state index contributed by atoms with van der Waals surface area (Å²) >= 11 is 6.55. The maximum absolute atomic E-state index is 15.6. The van der Waals surface area contributed by atoms with Crippen molar-refractivity contribution in [1.82, 2.24) is 9.97 Å². The zero-order valence-corrected chi connectivity index (χ0v) is 21.5. The number of nitrogens with zero attached hydrogens (tertiary/aromatic N) is 2. The van der Waals surface area contributed by atoms with Crippen LogP contribution in [0.3, 0.4) is 0 Å². The Morgan fingerprint density at radius 3 is 1.24 bits per heavy atom. The number of pyridine rings is 2. The van der Waals surface area contributed by atoms with Gasteiger partial charge in [-0.25, -0.2) is 0 Å². The lowest BCUT2D eigenvalue weighted by Crippen LogP contribution is -2.43. The molecule has 186 valence electrons. The second-order valence-corrected chi connectivity index (χ2v) is 10.3. The van der Waals surface area contributed by atoms with Crippen LogP contribution >= 0.6 is 31.9 Å². The van der Waals surface area contributed by atoms with Gasteiger partial charge in [-0.15, -0.1) is 0 Å². The quantitative estimate of drug-likeness (QED) is 0.142. The van der Waals surface area contributed by atoms with Gasteiger partial charge in [-0.05, 0) is 43.0 Å². The first-order valence-corrected chi connectivity index (χ1v) is 12.5. The molecule has 0 atom stereocenters. The van der Waals surface area contributed by atoms with Gasteiger partial charge in [-0.3, -0.25) is 9.97 Å². The Kier molecular flexibility index (Phi) is 5.27. The Hall–Kier alpha value is -2.98. The molecule has 5 aromatic rings. The molecule has 3 aromatic carbocycles. The first kappa shape index (κ1) is 24.4. The highest BCUT2D eigenvalue weighted by Gasteiger charge is 2.80. The third-order valence-electron chi connectivity index (χ3n) is 6.58. The average Bonchev–Trinajstić information content (AvgIpc) is 2.98. The van der Waals surface area contributed by atoms with E-state index in [1.165, 1.54) is 12.4 Å². The maximum Gasteiger partial charge on any atom is 0.380 e. The molecular formula is C27H12Br2F6N2. The van der Waals surface area contributed by atoms with Crippen molar-refractivity contribution in [2.75, 3.05) is 0 Å². The lowest BCUT2D eigenvalue weighted by Gasteiger charge is -2.24. The van der Waals surface area contributed by atoms with Gasteiger partial charge in [0.05, 0.1) is 11.0 Å². The van der Waals surface area contributed by atoms with Crippen molar-refractivity contribution in [3.8, 4) is 22.3 Å². The van der Waals surface area contributed by atoms with Crippen LogP contribution in [0.5, 0.6) is 0 Å². The summed E-state index contributed by atoms with van der Waals surface area (Å²) in [4.78, 5) is 8.50. The molecule has 0 N–H and O–H groups in total. The molecule has 2 nitrogen and oxygen atoms in total. The number of fused-ring (bicyclic) bond motifs is 6. The van der Waals surface area contributed by atoms with Crippen LogP contribution in [-0.2, 0) is 11.8 Å². The second kappa shape index (κ2) is 8.01. The SMILES string of the molecule is FC1(F)c2c(c3c(-c4ccccc4)c(Br)cnc3c3ncc(Br)c(-c4ccccc4)c23)C(F)(F)C1(F)F. The van der Waals surface area contributed by atoms with Crippen LogP contribution in [0.15, 0.2) is 82.0 Å². The minimum atomic E-state index is -5.70. The molecule has 37 heavy (non-hydrogen) atoms. The van der Waals surface area contributed by atoms with Crippen molar-refractivity contribution < 1.29 is 26.3 Å². The summed E-state index contributed by atoms with van der Waals surface area (Å²) in [7, 11) is 0. The van der Waals surface area contributed by atoms with Gasteiger partial charge < -0.3 is 0 Å². The summed E-state index contributed by atoms with van der Waals surface area (Å²) in [6, 6.07) is 16.2. The fourth-order valence-electron chi connectivity index (χ4n) is 4.99. The molecule has 0 amide bonds. The van der Waals surface area contributed by atoms with E-state index in [4.69, 9.17) is 0 Å². The van der Waals surface area contributed by atoms with Crippen LogP contribution in [0.2, 0.25) is 0 Å². The van der Waals surface area contributed by atoms with Gasteiger partial charge in [0, 0.05) is 54.4 Å². The van der Waals surface area contributed by atoms with Gasteiger partial charge in [0.25, 0.3) is 0 Å². The molecular weight excluding hydrogens is 626 g/mol. The molecule has 0 radical (unpaired) electrons. The highest BCUT2D eigenvalue weighted by atomic mass is 79.9. The molecule has 0 fully saturated rings. The van der Waals surface area contributed by atoms with Crippen molar-refractivity contribution in [2.24, 2.45) is 0 Å². The van der Waals surface area contributed by atoms with Crippen LogP contribution in [0.1, 0.15) is 11.1 Å². The normalized spacial score (nSPS) is 17.3. The van der Waals surface area contributed by atoms with Gasteiger partial charge in [0.2, 0.25) is 0 Å². The Labute approximate surface area is 222 Å². The molecule has 6 rings (SSSR count). The zero-order valence-electron chi connectivity index (χ0n) is 18.3. The van der Waals surface area contributed by atoms with Gasteiger partial charge in [0.15, 0.2) is 0 Å². The molecule has 10 heteroatoms. The van der Waals surface area contributed by atoms with Gasteiger partial charge in [-0.1, -0.05) is 60.7 Å². The van der Waals surface area contributed by atoms with E-state index >= 15 is 26.3 Å². The fraction of sp³-hybridized carbons (Fsp3) is 0.111. The maximum atomic E-state index is 15.6. The minimum Gasteiger partial charge on any atom is -0.253 e. The predicted octanol–water partition coefficient (Wildman–Crippen LogP) is 9.47.